The van der Waals surface area contributed by atoms with Gasteiger partial charge in [0.05, 0.1) is 0 Å². The zero-order valence-corrected chi connectivity index (χ0v) is 21.9. The second-order valence-electron chi connectivity index (χ2n) is 8.83. The average molecular weight is 676 g/mol. The Balaban J connectivity index is 1.29. The number of nitrogens with one attached hydrogen (secondary N) is 2. The van der Waals surface area contributed by atoms with E-state index >= 15 is 0 Å². The van der Waals surface area contributed by atoms with Gasteiger partial charge in [0, 0.05) is 0 Å². The fourth-order valence-electron chi connectivity index (χ4n) is 4.67. The van der Waals surface area contributed by atoms with Crippen molar-refractivity contribution in [1.29, 1.82) is 0 Å². The van der Waals surface area contributed by atoms with Crippen LogP contribution in [0.15, 0.2) is 12.1 Å². The number of ether oxygens (including phenoxy) is 2. The number of anilines is 1. The number of aromatic hydroxyl groups is 1. The van der Waals surface area contributed by atoms with E-state index in [0.29, 0.717) is 29.5 Å². The van der Waals surface area contributed by atoms with Crippen molar-refractivity contribution in [3.63, 3.8) is 0 Å². The van der Waals surface area contributed by atoms with Crippen molar-refractivity contribution in [1.82, 2.24) is 3.53 Å². The van der Waals surface area contributed by atoms with Crippen LogP contribution in [0.4, 0.5) is 5.69 Å². The molecule has 5 rings (SSSR count). The first kappa shape index (κ1) is 24.6. The van der Waals surface area contributed by atoms with Crippen LogP contribution in [-0.4, -0.2) is 79.5 Å². The average Bonchev–Trinajstić information content (AvgIpc) is 2.74. The number of amides is 1. The van der Waals surface area contributed by atoms with Crippen molar-refractivity contribution < 1.29 is 55.5 Å². The van der Waals surface area contributed by atoms with E-state index in [1.54, 1.807) is 22.6 Å². The SMILES string of the molecule is NC(O)(I)COC1C[N+]2(C[I-]NCC(O)c3cc(O)cc4c3OCC(=O)N4)CCC1CC2. The number of nitrogens with zero attached hydrogens (tertiary/aromatic N) is 1. The summed E-state index contributed by atoms with van der Waals surface area (Å²) in [6, 6.07) is 2.90. The summed E-state index contributed by atoms with van der Waals surface area (Å²) in [6.45, 7) is 3.58. The molecule has 10 nitrogen and oxygen atoms in total. The van der Waals surface area contributed by atoms with E-state index < -0.39 is 9.84 Å². The number of phenols is 1. The zero-order valence-electron chi connectivity index (χ0n) is 17.6. The number of benzene rings is 1. The molecule has 3 saturated heterocycles. The van der Waals surface area contributed by atoms with Gasteiger partial charge in [-0.25, -0.2) is 0 Å². The van der Waals surface area contributed by atoms with Crippen molar-refractivity contribution >= 4 is 34.2 Å². The van der Waals surface area contributed by atoms with Crippen LogP contribution in [0.1, 0.15) is 24.5 Å². The molecule has 12 heteroatoms. The van der Waals surface area contributed by atoms with Crippen molar-refractivity contribution in [2.45, 2.75) is 28.8 Å². The van der Waals surface area contributed by atoms with Gasteiger partial charge in [0.25, 0.3) is 0 Å². The number of carbonyl (C=O) groups excluding carboxylic acids is 1. The summed E-state index contributed by atoms with van der Waals surface area (Å²) in [6.07, 6.45) is 1.52. The number of hydrogen-bond donors (Lipinski definition) is 6. The van der Waals surface area contributed by atoms with Crippen LogP contribution in [0.5, 0.6) is 11.5 Å². The number of fused-ring (bicyclic) bond motifs is 4. The van der Waals surface area contributed by atoms with Crippen molar-refractivity contribution in [3.05, 3.63) is 17.7 Å². The third-order valence-corrected chi connectivity index (χ3v) is 9.38. The van der Waals surface area contributed by atoms with Crippen molar-refractivity contribution in [2.75, 3.05) is 49.3 Å². The van der Waals surface area contributed by atoms with Gasteiger partial charge in [-0.2, -0.15) is 0 Å². The molecule has 1 aromatic rings. The van der Waals surface area contributed by atoms with Gasteiger partial charge in [-0.05, 0) is 0 Å². The molecular weight excluding hydrogens is 646 g/mol. The molecular formula is C20H30I2N4O6. The minimum atomic E-state index is -1.34. The molecule has 3 unspecified atom stereocenters. The Labute approximate surface area is 211 Å². The van der Waals surface area contributed by atoms with Crippen LogP contribution >= 0.6 is 22.6 Å². The Morgan fingerprint density at radius 1 is 1.44 bits per heavy atom. The van der Waals surface area contributed by atoms with Crippen LogP contribution in [0, 0.1) is 5.92 Å². The number of hydrogen-bond acceptors (Lipinski definition) is 8. The number of halogens is 2. The minimum absolute atomic E-state index is 0.0326. The molecule has 0 radical (unpaired) electrons. The Kier molecular flexibility index (Phi) is 7.71. The van der Waals surface area contributed by atoms with Gasteiger partial charge >= 0.3 is 212 Å². The van der Waals surface area contributed by atoms with E-state index in [0.717, 1.165) is 41.5 Å². The Hall–Kier alpha value is -0.490. The predicted molar refractivity (Wildman–Crippen MR) is 121 cm³/mol. The predicted octanol–water partition coefficient (Wildman–Crippen LogP) is -3.03. The summed E-state index contributed by atoms with van der Waals surface area (Å²) < 4.78 is 15.6. The van der Waals surface area contributed by atoms with Gasteiger partial charge in [0.15, 0.2) is 0 Å². The standard InChI is InChI=1S/C20H30I2N4O6/c21-20(23,30)10-32-17-8-26(3-1-12(17)2-4-26)11-22-24-7-16(28)14-5-13(27)6-15-19(14)31-9-18(29)25-15/h5-6,12,16-17,24,27-28,30H,1-4,7-11,23H2,(H,25,29). The molecule has 1 amide bonds. The summed E-state index contributed by atoms with van der Waals surface area (Å²) in [5.41, 5.74) is 6.49. The summed E-state index contributed by atoms with van der Waals surface area (Å²) in [4.78, 5) is 11.5. The molecule has 0 spiro atoms. The number of aliphatic hydroxyl groups is 2. The van der Waals surface area contributed by atoms with Crippen molar-refractivity contribution in [3.8, 4) is 11.5 Å². The van der Waals surface area contributed by atoms with Gasteiger partial charge in [-0.15, -0.1) is 0 Å². The molecule has 1 aromatic carbocycles. The van der Waals surface area contributed by atoms with Crippen molar-refractivity contribution in [2.24, 2.45) is 11.7 Å². The summed E-state index contributed by atoms with van der Waals surface area (Å²) in [5, 5.41) is 33.1. The topological polar surface area (TPSA) is 146 Å². The number of nitrogens with two attached hydrogens (primary N) is 1. The number of carbonyl (C=O) groups is 1. The van der Waals surface area contributed by atoms with Crippen LogP contribution in [-0.2, 0) is 9.53 Å². The molecule has 0 saturated carbocycles. The molecule has 0 aromatic heterocycles. The monoisotopic (exact) mass is 676 g/mol. The molecule has 3 atom stereocenters. The van der Waals surface area contributed by atoms with Gasteiger partial charge in [-0.1, -0.05) is 0 Å². The van der Waals surface area contributed by atoms with Gasteiger partial charge in [0.2, 0.25) is 0 Å². The first-order valence-corrected chi connectivity index (χ1v) is 14.3. The van der Waals surface area contributed by atoms with E-state index in [-0.39, 0.29) is 52.5 Å². The Morgan fingerprint density at radius 2 is 2.19 bits per heavy atom. The fraction of sp³-hybridized carbons (Fsp3) is 0.650. The molecule has 32 heavy (non-hydrogen) atoms. The number of quaternary nitrogens is 1. The molecule has 4 aliphatic heterocycles. The first-order valence-electron chi connectivity index (χ1n) is 10.6. The van der Waals surface area contributed by atoms with Crippen LogP contribution in [0.25, 0.3) is 0 Å². The van der Waals surface area contributed by atoms with Gasteiger partial charge in [0.1, 0.15) is 0 Å². The summed E-state index contributed by atoms with van der Waals surface area (Å²) in [7, 11) is 0. The number of rotatable bonds is 9. The number of phenolic OH excluding ortho intramolecular Hbond substituents is 1. The fourth-order valence-corrected chi connectivity index (χ4v) is 7.50. The molecule has 2 bridgehead atoms. The second-order valence-corrected chi connectivity index (χ2v) is 12.9. The second kappa shape index (κ2) is 10.0. The normalized spacial score (nSPS) is 29.7. The molecule has 4 heterocycles. The molecule has 3 fully saturated rings. The van der Waals surface area contributed by atoms with E-state index in [1.165, 1.54) is 12.1 Å². The quantitative estimate of drug-likeness (QED) is 0.0309. The molecule has 7 N–H and O–H groups in total. The first-order chi connectivity index (χ1) is 15.1. The van der Waals surface area contributed by atoms with Crippen LogP contribution in [0.2, 0.25) is 0 Å². The third-order valence-electron chi connectivity index (χ3n) is 6.30. The van der Waals surface area contributed by atoms with E-state index in [2.05, 4.69) is 8.85 Å². The number of piperidine rings is 3. The summed E-state index contributed by atoms with van der Waals surface area (Å²) in [5.74, 6) is 0.627. The third kappa shape index (κ3) is 5.95. The Bertz CT molecular complexity index is 844. The number of aliphatic hydroxyl groups excluding tert-OH is 1. The molecule has 4 aliphatic rings. The Morgan fingerprint density at radius 3 is 2.91 bits per heavy atom. The van der Waals surface area contributed by atoms with Gasteiger partial charge < -0.3 is 0 Å². The van der Waals surface area contributed by atoms with Gasteiger partial charge in [-0.3, -0.25) is 0 Å². The molecule has 180 valence electrons. The van der Waals surface area contributed by atoms with E-state index in [4.69, 9.17) is 15.2 Å². The molecule has 0 aliphatic carbocycles. The maximum absolute atomic E-state index is 11.5. The van der Waals surface area contributed by atoms with E-state index in [1.807, 2.05) is 0 Å². The van der Waals surface area contributed by atoms with Crippen LogP contribution < -0.4 is 40.8 Å². The maximum atomic E-state index is 11.5. The zero-order chi connectivity index (χ0) is 22.9. The van der Waals surface area contributed by atoms with Crippen LogP contribution in [0.3, 0.4) is 0 Å². The number of alkyl halides is 2. The van der Waals surface area contributed by atoms with E-state index in [9.17, 15) is 20.1 Å². The summed E-state index contributed by atoms with van der Waals surface area (Å²) >= 11 is 1.41.